The molecule has 0 aromatic carbocycles. The smallest absolute Gasteiger partial charge is 0.254 e. The van der Waals surface area contributed by atoms with E-state index in [4.69, 9.17) is 18.7 Å². The average molecular weight is 155 g/mol. The number of hydrogen-bond donors (Lipinski definition) is 3. The quantitative estimate of drug-likeness (QED) is 0.381. The second-order valence-corrected chi connectivity index (χ2v) is 1.86. The predicted molar refractivity (Wildman–Crippen MR) is 36.9 cm³/mol. The molecule has 0 aliphatic carbocycles. The van der Waals surface area contributed by atoms with Crippen LogP contribution in [0.1, 0.15) is 19.8 Å². The van der Waals surface area contributed by atoms with Gasteiger partial charge in [-0.05, 0) is 13.0 Å². The van der Waals surface area contributed by atoms with Crippen molar-refractivity contribution >= 4 is 11.0 Å². The molecule has 0 saturated carbocycles. The Balaban J connectivity index is 0. The molecule has 0 aromatic rings. The van der Waals surface area contributed by atoms with Gasteiger partial charge in [-0.25, -0.2) is 8.42 Å². The van der Waals surface area contributed by atoms with Gasteiger partial charge in [0.15, 0.2) is 0 Å². The average Bonchev–Trinajstić information content (AvgIpc) is 1.66. The molecule has 0 fully saturated rings. The number of thiol groups is 1. The van der Waals surface area contributed by atoms with Crippen LogP contribution in [0.15, 0.2) is 0 Å². The van der Waals surface area contributed by atoms with E-state index in [1.165, 1.54) is 12.8 Å². The van der Waals surface area contributed by atoms with Crippen LogP contribution in [0, 0.1) is 0 Å². The van der Waals surface area contributed by atoms with E-state index < -0.39 is 11.0 Å². The Morgan fingerprint density at radius 2 is 1.89 bits per heavy atom. The topological polar surface area (TPSA) is 80.4 Å². The molecule has 0 aromatic heterocycles. The third-order valence-corrected chi connectivity index (χ3v) is 0.558. The molecule has 5 heteroatoms. The van der Waals surface area contributed by atoms with Crippen LogP contribution >= 0.6 is 0 Å². The number of rotatable bonds is 2. The summed E-state index contributed by atoms with van der Waals surface area (Å²) in [6, 6.07) is 0. The summed E-state index contributed by atoms with van der Waals surface area (Å²) in [5, 5.41) is 0. The van der Waals surface area contributed by atoms with Gasteiger partial charge in [0, 0.05) is 0 Å². The Morgan fingerprint density at radius 1 is 1.56 bits per heavy atom. The Kier molecular flexibility index (Phi) is 13.9. The minimum Gasteiger partial charge on any atom is -0.330 e. The highest BCUT2D eigenvalue weighted by atomic mass is 32.2. The summed E-state index contributed by atoms with van der Waals surface area (Å²) in [5.41, 5.74) is 5.14. The highest BCUT2D eigenvalue weighted by molar-refractivity contribution is 7.66. The van der Waals surface area contributed by atoms with Crippen molar-refractivity contribution in [2.45, 2.75) is 19.8 Å². The maximum Gasteiger partial charge on any atom is 0.254 e. The molecule has 0 spiro atoms. The molecule has 0 amide bonds. The van der Waals surface area contributed by atoms with Crippen molar-refractivity contribution in [1.82, 2.24) is 0 Å². The first-order valence-corrected chi connectivity index (χ1v) is 3.81. The number of nitrogens with two attached hydrogens (primary N) is 1. The summed E-state index contributed by atoms with van der Waals surface area (Å²) in [6.07, 6.45) is 2.39. The minimum atomic E-state index is -3.12. The molecule has 0 bridgehead atoms. The summed E-state index contributed by atoms with van der Waals surface area (Å²) in [5.74, 6) is 0. The maximum atomic E-state index is 8.59. The van der Waals surface area contributed by atoms with Crippen LogP contribution in [0.4, 0.5) is 0 Å². The van der Waals surface area contributed by atoms with Gasteiger partial charge in [0.05, 0.1) is 0 Å². The molecule has 0 radical (unpaired) electrons. The second kappa shape index (κ2) is 10.8. The predicted octanol–water partition coefficient (Wildman–Crippen LogP) is -0.184. The first kappa shape index (κ1) is 11.6. The van der Waals surface area contributed by atoms with Crippen molar-refractivity contribution in [3.05, 3.63) is 0 Å². The molecule has 0 heterocycles. The van der Waals surface area contributed by atoms with E-state index in [-0.39, 0.29) is 0 Å². The van der Waals surface area contributed by atoms with Gasteiger partial charge in [0.1, 0.15) is 0 Å². The van der Waals surface area contributed by atoms with Crippen molar-refractivity contribution in [2.24, 2.45) is 5.73 Å². The summed E-state index contributed by atoms with van der Waals surface area (Å²) in [7, 11) is -3.12. The number of hydrogen-bond acceptors (Lipinski definition) is 3. The molecule has 58 valence electrons. The lowest BCUT2D eigenvalue weighted by atomic mass is 10.3. The van der Waals surface area contributed by atoms with Crippen molar-refractivity contribution < 1.29 is 13.0 Å². The van der Waals surface area contributed by atoms with Crippen LogP contribution in [0.25, 0.3) is 0 Å². The Bertz CT molecular complexity index is 92.0. The van der Waals surface area contributed by atoms with Crippen molar-refractivity contribution in [2.75, 3.05) is 6.54 Å². The fraction of sp³-hybridized carbons (Fsp3) is 1.00. The third kappa shape index (κ3) is 77.5. The molecule has 3 N–H and O–H groups in total. The second-order valence-electron chi connectivity index (χ2n) is 1.38. The van der Waals surface area contributed by atoms with Gasteiger partial charge in [-0.15, -0.1) is 0 Å². The third-order valence-electron chi connectivity index (χ3n) is 0.558. The molecule has 0 saturated heterocycles. The standard InChI is InChI=1S/C4H11N.H2O3S/c1-2-3-4-5;1-4(2)3/h2-5H2,1H3;4H,(H,1,2,3). The molecule has 4 nitrogen and oxygen atoms in total. The van der Waals surface area contributed by atoms with E-state index >= 15 is 0 Å². The summed E-state index contributed by atoms with van der Waals surface area (Å²) in [4.78, 5) is 0. The normalized spacial score (nSPS) is 8.44. The zero-order valence-corrected chi connectivity index (χ0v) is 6.30. The minimum absolute atomic E-state index is 0.844. The van der Waals surface area contributed by atoms with E-state index in [1.54, 1.807) is 0 Å². The number of unbranched alkanes of at least 4 members (excludes halogenated alkanes) is 1. The van der Waals surface area contributed by atoms with Crippen LogP contribution in [0.5, 0.6) is 0 Å². The van der Waals surface area contributed by atoms with Crippen LogP contribution in [-0.4, -0.2) is 19.5 Å². The van der Waals surface area contributed by atoms with E-state index in [0.29, 0.717) is 0 Å². The van der Waals surface area contributed by atoms with Crippen molar-refractivity contribution in [3.8, 4) is 0 Å². The zero-order chi connectivity index (χ0) is 7.70. The summed E-state index contributed by atoms with van der Waals surface area (Å²) >= 11 is 0. The van der Waals surface area contributed by atoms with E-state index in [0.717, 1.165) is 6.54 Å². The van der Waals surface area contributed by atoms with Crippen LogP contribution in [-0.2, 0) is 11.0 Å². The van der Waals surface area contributed by atoms with Crippen LogP contribution < -0.4 is 5.73 Å². The Hall–Kier alpha value is -0.130. The highest BCUT2D eigenvalue weighted by Crippen LogP contribution is 1.77. The van der Waals surface area contributed by atoms with Crippen molar-refractivity contribution in [1.29, 1.82) is 0 Å². The molecular weight excluding hydrogens is 142 g/mol. The fourth-order valence-corrected chi connectivity index (χ4v) is 0.204. The lowest BCUT2D eigenvalue weighted by Gasteiger charge is -1.80. The molecule has 9 heavy (non-hydrogen) atoms. The van der Waals surface area contributed by atoms with Gasteiger partial charge in [0.25, 0.3) is 11.0 Å². The highest BCUT2D eigenvalue weighted by Gasteiger charge is 1.67. The van der Waals surface area contributed by atoms with Crippen LogP contribution in [0.3, 0.4) is 0 Å². The molecule has 0 rings (SSSR count). The first-order chi connectivity index (χ1) is 4.15. The molecule has 0 aliphatic heterocycles. The van der Waals surface area contributed by atoms with Gasteiger partial charge in [-0.2, -0.15) is 0 Å². The van der Waals surface area contributed by atoms with Gasteiger partial charge >= 0.3 is 0 Å². The fourth-order valence-electron chi connectivity index (χ4n) is 0.204. The van der Waals surface area contributed by atoms with Gasteiger partial charge in [-0.3, -0.25) is 4.55 Å². The molecule has 0 atom stereocenters. The van der Waals surface area contributed by atoms with Crippen LogP contribution in [0.2, 0.25) is 0 Å². The molecular formula is C4H13NO3S. The lowest BCUT2D eigenvalue weighted by molar-refractivity contribution is 0.509. The van der Waals surface area contributed by atoms with Gasteiger partial charge in [-0.1, -0.05) is 13.3 Å². The van der Waals surface area contributed by atoms with Crippen molar-refractivity contribution in [3.63, 3.8) is 0 Å². The zero-order valence-electron chi connectivity index (χ0n) is 5.41. The monoisotopic (exact) mass is 155 g/mol. The molecule has 0 unspecified atom stereocenters. The maximum absolute atomic E-state index is 8.59. The largest absolute Gasteiger partial charge is 0.330 e. The van der Waals surface area contributed by atoms with E-state index in [2.05, 4.69) is 6.92 Å². The summed E-state index contributed by atoms with van der Waals surface area (Å²) in [6.45, 7) is 2.98. The van der Waals surface area contributed by atoms with E-state index in [1.807, 2.05) is 0 Å². The SMILES string of the molecule is CCCCN.O=[SH](=O)O. The van der Waals surface area contributed by atoms with Gasteiger partial charge < -0.3 is 5.73 Å². The summed E-state index contributed by atoms with van der Waals surface area (Å²) < 4.78 is 24.2. The Labute approximate surface area is 56.8 Å². The van der Waals surface area contributed by atoms with Gasteiger partial charge in [0.2, 0.25) is 0 Å². The Morgan fingerprint density at radius 3 is 1.89 bits per heavy atom. The first-order valence-electron chi connectivity index (χ1n) is 2.68. The molecule has 0 aliphatic rings. The van der Waals surface area contributed by atoms with E-state index in [9.17, 15) is 0 Å². The lowest BCUT2D eigenvalue weighted by Crippen LogP contribution is -1.95.